The van der Waals surface area contributed by atoms with Crippen molar-refractivity contribution < 1.29 is 4.74 Å². The number of ether oxygens (including phenoxy) is 1. The number of halogens is 2. The third kappa shape index (κ3) is 1.96. The minimum atomic E-state index is 1.08. The Balaban J connectivity index is 2.45. The van der Waals surface area contributed by atoms with Gasteiger partial charge in [-0.25, -0.2) is 0 Å². The minimum absolute atomic E-state index is 1.08. The highest BCUT2D eigenvalue weighted by Gasteiger charge is 2.32. The highest BCUT2D eigenvalue weighted by molar-refractivity contribution is 9.13. The van der Waals surface area contributed by atoms with Crippen LogP contribution >= 0.6 is 31.9 Å². The van der Waals surface area contributed by atoms with E-state index in [0.29, 0.717) is 0 Å². The second kappa shape index (κ2) is 4.46. The molecule has 15 heavy (non-hydrogen) atoms. The Morgan fingerprint density at radius 1 is 0.867 bits per heavy atom. The summed E-state index contributed by atoms with van der Waals surface area (Å²) in [6.07, 6.45) is 4.45. The standard InChI is InChI=1S/C12H14Br2O/c1-3-5-7-9(13)10(14)8(6-4-2)12-11(7)15-12/h3-6H2,1-2H3. The van der Waals surface area contributed by atoms with Crippen molar-refractivity contribution in [3.05, 3.63) is 20.1 Å². The van der Waals surface area contributed by atoms with Gasteiger partial charge in [-0.05, 0) is 44.7 Å². The van der Waals surface area contributed by atoms with Gasteiger partial charge in [0.1, 0.15) is 0 Å². The molecule has 0 amide bonds. The lowest BCUT2D eigenvalue weighted by Crippen LogP contribution is -1.88. The molecule has 0 bridgehead atoms. The first-order valence-corrected chi connectivity index (χ1v) is 6.99. The molecule has 0 unspecified atom stereocenters. The molecule has 1 aromatic rings. The van der Waals surface area contributed by atoms with Crippen LogP contribution in [-0.4, -0.2) is 0 Å². The summed E-state index contributed by atoms with van der Waals surface area (Å²) in [5.41, 5.74) is 2.64. The van der Waals surface area contributed by atoms with Gasteiger partial charge in [0.05, 0.1) is 0 Å². The zero-order valence-corrected chi connectivity index (χ0v) is 12.2. The molecule has 0 spiro atoms. The van der Waals surface area contributed by atoms with Gasteiger partial charge in [0, 0.05) is 20.1 Å². The summed E-state index contributed by atoms with van der Waals surface area (Å²) in [5.74, 6) is 2.24. The fourth-order valence-corrected chi connectivity index (χ4v) is 3.12. The number of fused-ring (bicyclic) bond motifs is 1. The van der Waals surface area contributed by atoms with E-state index in [4.69, 9.17) is 4.74 Å². The molecule has 1 heterocycles. The van der Waals surface area contributed by atoms with E-state index < -0.39 is 0 Å². The smallest absolute Gasteiger partial charge is 0.174 e. The molecule has 0 atom stereocenters. The molecule has 2 rings (SSSR count). The minimum Gasteiger partial charge on any atom is -0.449 e. The van der Waals surface area contributed by atoms with E-state index in [-0.39, 0.29) is 0 Å². The second-order valence-corrected chi connectivity index (χ2v) is 5.43. The van der Waals surface area contributed by atoms with Crippen LogP contribution < -0.4 is 4.74 Å². The first kappa shape index (κ1) is 11.5. The Morgan fingerprint density at radius 2 is 1.27 bits per heavy atom. The Bertz CT molecular complexity index is 362. The van der Waals surface area contributed by atoms with Crippen molar-refractivity contribution in [1.29, 1.82) is 0 Å². The van der Waals surface area contributed by atoms with Crippen molar-refractivity contribution in [2.45, 2.75) is 39.5 Å². The number of rotatable bonds is 4. The summed E-state index contributed by atoms with van der Waals surface area (Å²) in [7, 11) is 0. The molecule has 0 radical (unpaired) electrons. The molecule has 0 saturated heterocycles. The van der Waals surface area contributed by atoms with E-state index in [1.54, 1.807) is 0 Å². The molecule has 3 heteroatoms. The van der Waals surface area contributed by atoms with Crippen LogP contribution in [0.1, 0.15) is 37.8 Å². The van der Waals surface area contributed by atoms with Crippen LogP contribution in [0.15, 0.2) is 8.95 Å². The summed E-state index contributed by atoms with van der Waals surface area (Å²) in [6, 6.07) is 0. The zero-order chi connectivity index (χ0) is 11.0. The van der Waals surface area contributed by atoms with Gasteiger partial charge in [0.2, 0.25) is 0 Å². The Morgan fingerprint density at radius 3 is 1.60 bits per heavy atom. The highest BCUT2D eigenvalue weighted by Crippen LogP contribution is 2.57. The average molecular weight is 334 g/mol. The molecular weight excluding hydrogens is 320 g/mol. The Hall–Kier alpha value is -0.0200. The normalized spacial score (nSPS) is 12.3. The van der Waals surface area contributed by atoms with E-state index in [1.807, 2.05) is 0 Å². The maximum absolute atomic E-state index is 5.61. The van der Waals surface area contributed by atoms with Gasteiger partial charge in [-0.1, -0.05) is 26.7 Å². The predicted octanol–water partition coefficient (Wildman–Crippen LogP) is 5.22. The van der Waals surface area contributed by atoms with E-state index in [2.05, 4.69) is 45.7 Å². The topological polar surface area (TPSA) is 12.5 Å². The molecule has 0 fully saturated rings. The number of hydrogen-bond donors (Lipinski definition) is 0. The van der Waals surface area contributed by atoms with Gasteiger partial charge in [-0.2, -0.15) is 0 Å². The third-order valence-corrected chi connectivity index (χ3v) is 4.92. The summed E-state index contributed by atoms with van der Waals surface area (Å²) in [4.78, 5) is 0. The Labute approximate surface area is 107 Å². The van der Waals surface area contributed by atoms with Crippen molar-refractivity contribution in [1.82, 2.24) is 0 Å². The summed E-state index contributed by atoms with van der Waals surface area (Å²) < 4.78 is 7.98. The van der Waals surface area contributed by atoms with E-state index in [9.17, 15) is 0 Å². The van der Waals surface area contributed by atoms with Crippen molar-refractivity contribution in [3.63, 3.8) is 0 Å². The third-order valence-electron chi connectivity index (χ3n) is 2.64. The van der Waals surface area contributed by atoms with Gasteiger partial charge >= 0.3 is 0 Å². The predicted molar refractivity (Wildman–Crippen MR) is 69.9 cm³/mol. The second-order valence-electron chi connectivity index (χ2n) is 3.85. The molecule has 0 N–H and O–H groups in total. The molecule has 0 saturated carbocycles. The zero-order valence-electron chi connectivity index (χ0n) is 8.99. The van der Waals surface area contributed by atoms with E-state index >= 15 is 0 Å². The molecule has 1 aromatic carbocycles. The van der Waals surface area contributed by atoms with E-state index in [0.717, 1.165) is 37.2 Å². The van der Waals surface area contributed by atoms with Crippen molar-refractivity contribution in [3.8, 4) is 11.5 Å². The average Bonchev–Trinajstić information content (AvgIpc) is 2.99. The van der Waals surface area contributed by atoms with Crippen LogP contribution in [0, 0.1) is 0 Å². The summed E-state index contributed by atoms with van der Waals surface area (Å²) in [6.45, 7) is 4.38. The molecule has 82 valence electrons. The molecule has 0 aliphatic carbocycles. The van der Waals surface area contributed by atoms with Crippen molar-refractivity contribution in [2.75, 3.05) is 0 Å². The maximum atomic E-state index is 5.61. The Kier molecular flexibility index (Phi) is 3.41. The lowest BCUT2D eigenvalue weighted by Gasteiger charge is -2.05. The van der Waals surface area contributed by atoms with Crippen LogP contribution in [0.3, 0.4) is 0 Å². The van der Waals surface area contributed by atoms with Crippen molar-refractivity contribution >= 4 is 31.9 Å². The molecule has 1 aliphatic heterocycles. The SMILES string of the molecule is CCCc1c(Br)c(Br)c(CCC)c2c1O2. The lowest BCUT2D eigenvalue weighted by molar-refractivity contribution is 0.635. The monoisotopic (exact) mass is 332 g/mol. The summed E-state index contributed by atoms with van der Waals surface area (Å²) >= 11 is 7.32. The first-order valence-electron chi connectivity index (χ1n) is 5.41. The molecule has 0 aromatic heterocycles. The van der Waals surface area contributed by atoms with Gasteiger partial charge in [0.15, 0.2) is 11.5 Å². The van der Waals surface area contributed by atoms with E-state index in [1.165, 1.54) is 20.1 Å². The largest absolute Gasteiger partial charge is 0.449 e. The van der Waals surface area contributed by atoms with Gasteiger partial charge in [-0.15, -0.1) is 0 Å². The van der Waals surface area contributed by atoms with Crippen LogP contribution in [0.25, 0.3) is 0 Å². The van der Waals surface area contributed by atoms with Gasteiger partial charge < -0.3 is 4.74 Å². The highest BCUT2D eigenvalue weighted by atomic mass is 79.9. The molecular formula is C12H14Br2O. The quantitative estimate of drug-likeness (QED) is 0.698. The maximum Gasteiger partial charge on any atom is 0.174 e. The fourth-order valence-electron chi connectivity index (χ4n) is 1.88. The summed E-state index contributed by atoms with van der Waals surface area (Å²) in [5, 5.41) is 0. The molecule has 1 nitrogen and oxygen atoms in total. The molecule has 1 aliphatic rings. The van der Waals surface area contributed by atoms with Crippen LogP contribution in [0.4, 0.5) is 0 Å². The van der Waals surface area contributed by atoms with Crippen LogP contribution in [0.5, 0.6) is 11.5 Å². The van der Waals surface area contributed by atoms with Crippen LogP contribution in [0.2, 0.25) is 0 Å². The fraction of sp³-hybridized carbons (Fsp3) is 0.500. The lowest BCUT2D eigenvalue weighted by atomic mass is 10.1. The number of hydrogen-bond acceptors (Lipinski definition) is 1. The van der Waals surface area contributed by atoms with Gasteiger partial charge in [0.25, 0.3) is 0 Å². The first-order chi connectivity index (χ1) is 7.20. The number of benzene rings is 1. The van der Waals surface area contributed by atoms with Crippen molar-refractivity contribution in [2.24, 2.45) is 0 Å². The van der Waals surface area contributed by atoms with Gasteiger partial charge in [-0.3, -0.25) is 0 Å². The van der Waals surface area contributed by atoms with Crippen LogP contribution in [-0.2, 0) is 12.8 Å².